The van der Waals surface area contributed by atoms with E-state index >= 15 is 0 Å². The molecule has 13 rings (SSSR count). The van der Waals surface area contributed by atoms with Crippen molar-refractivity contribution in [2.45, 2.75) is 194 Å². The zero-order chi connectivity index (χ0) is 46.9. The Balaban J connectivity index is 0.867. The van der Waals surface area contributed by atoms with Crippen molar-refractivity contribution in [2.24, 2.45) is 92.7 Å². The second kappa shape index (κ2) is 18.8. The molecule has 13 aliphatic rings. The molecule has 5 aliphatic heterocycles. The molecule has 6 N–H and O–H groups in total. The zero-order valence-electron chi connectivity index (χ0n) is 42.2. The number of carbonyl (C=O) groups is 4. The van der Waals surface area contributed by atoms with E-state index < -0.39 is 0 Å². The van der Waals surface area contributed by atoms with Gasteiger partial charge in [0.2, 0.25) is 23.6 Å². The molecule has 0 spiro atoms. The number of nitrogens with one attached hydrogen (secondary N) is 4. The number of hydrogen-bond acceptors (Lipinski definition) is 7. The van der Waals surface area contributed by atoms with E-state index in [1.165, 1.54) is 25.7 Å². The van der Waals surface area contributed by atoms with Crippen molar-refractivity contribution in [2.75, 3.05) is 33.2 Å². The van der Waals surface area contributed by atoms with Crippen LogP contribution >= 0.6 is 0 Å². The Bertz CT molecular complexity index is 1690. The first-order chi connectivity index (χ1) is 31.3. The summed E-state index contributed by atoms with van der Waals surface area (Å²) in [5, 5.41) is 37.0. The van der Waals surface area contributed by atoms with Crippen LogP contribution in [-0.2, 0) is 19.2 Å². The molecular formula is C55H91N5O6. The first-order valence-electron chi connectivity index (χ1n) is 27.5. The van der Waals surface area contributed by atoms with Crippen molar-refractivity contribution in [1.29, 1.82) is 0 Å². The van der Waals surface area contributed by atoms with Crippen molar-refractivity contribution in [3.8, 4) is 0 Å². The summed E-state index contributed by atoms with van der Waals surface area (Å²) in [7, 11) is 1.87. The molecule has 0 unspecified atom stereocenters. The molecular weight excluding hydrogens is 827 g/mol. The maximum atomic E-state index is 13.5. The predicted octanol–water partition coefficient (Wildman–Crippen LogP) is 7.23. The molecule has 4 amide bonds. The van der Waals surface area contributed by atoms with Crippen LogP contribution in [0.3, 0.4) is 0 Å². The average molecular weight is 918 g/mol. The number of likely N-dealkylation sites (N-methyl/N-ethyl adjacent to an activating group) is 1. The lowest BCUT2D eigenvalue weighted by atomic mass is 9.43. The van der Waals surface area contributed by atoms with Crippen molar-refractivity contribution in [3.63, 3.8) is 0 Å². The molecule has 8 aliphatic carbocycles. The molecule has 0 aromatic heterocycles. The van der Waals surface area contributed by atoms with E-state index in [4.69, 9.17) is 0 Å². The minimum atomic E-state index is -0.326. The fraction of sp³-hybridized carbons (Fsp3) is 0.927. The fourth-order valence-electron chi connectivity index (χ4n) is 19.5. The summed E-state index contributed by atoms with van der Waals surface area (Å²) in [6.45, 7) is 16.0. The lowest BCUT2D eigenvalue weighted by molar-refractivity contribution is -0.167. The largest absolute Gasteiger partial charge is 0.393 e. The monoisotopic (exact) mass is 918 g/mol. The second-order valence-corrected chi connectivity index (χ2v) is 26.0. The molecule has 0 aromatic carbocycles. The van der Waals surface area contributed by atoms with Crippen molar-refractivity contribution in [1.82, 2.24) is 26.2 Å². The smallest absolute Gasteiger partial charge is 0.234 e. The van der Waals surface area contributed by atoms with Crippen LogP contribution in [0, 0.1) is 92.7 Å². The quantitative estimate of drug-likeness (QED) is 0.150. The van der Waals surface area contributed by atoms with Gasteiger partial charge in [0.05, 0.1) is 25.3 Å². The standard InChI is InChI=1S/C55H91N5O6/c1-32-8-14-46(63)56-24-25-57-47(64)15-9-33(2)39-11-13-41-51-43(19-23-55(39,41)6)53(4)21-17-37(27-35(53)29-45(51)62)59-49(66)31-60(7)30-48(65)58-36-16-20-52(3)34(26-36)28-44(61)50-40-12-10-38(32)54(40,5)22-18-42(50)52/h32-45,50-51,61-62H,8-31H2,1-7H3,(H,56,63)(H,57,64)(H,58,65)(H,59,66)/t32-,33-,34+,35+,36-,37+,38-,39-,40+,41+,42+,43+,44+,45+,50+,51+,52+,53+,54-,55-/m1/s1. The number of amides is 4. The molecule has 11 heteroatoms. The van der Waals surface area contributed by atoms with Crippen LogP contribution in [0.2, 0.25) is 0 Å². The number of carbonyl (C=O) groups excluding carboxylic acids is 4. The van der Waals surface area contributed by atoms with Gasteiger partial charge in [-0.1, -0.05) is 41.5 Å². The summed E-state index contributed by atoms with van der Waals surface area (Å²) in [6, 6.07) is 0.172. The van der Waals surface area contributed by atoms with Gasteiger partial charge < -0.3 is 31.5 Å². The van der Waals surface area contributed by atoms with Crippen LogP contribution in [0.15, 0.2) is 0 Å². The molecule has 0 radical (unpaired) electrons. The molecule has 372 valence electrons. The summed E-state index contributed by atoms with van der Waals surface area (Å²) in [4.78, 5) is 55.2. The maximum absolute atomic E-state index is 13.5. The van der Waals surface area contributed by atoms with Gasteiger partial charge in [0.1, 0.15) is 0 Å². The third-order valence-corrected chi connectivity index (χ3v) is 22.9. The molecule has 5 heterocycles. The summed E-state index contributed by atoms with van der Waals surface area (Å²) in [5.41, 5.74) is 0.646. The van der Waals surface area contributed by atoms with E-state index in [0.29, 0.717) is 96.9 Å². The Labute approximate surface area is 398 Å². The second-order valence-electron chi connectivity index (χ2n) is 26.0. The molecule has 0 aromatic rings. The van der Waals surface area contributed by atoms with E-state index in [1.54, 1.807) is 0 Å². The third kappa shape index (κ3) is 8.82. The van der Waals surface area contributed by atoms with Gasteiger partial charge >= 0.3 is 0 Å². The molecule has 16 bridgehead atoms. The van der Waals surface area contributed by atoms with Crippen molar-refractivity contribution in [3.05, 3.63) is 0 Å². The van der Waals surface area contributed by atoms with Crippen LogP contribution in [0.4, 0.5) is 0 Å². The molecule has 13 fully saturated rings. The summed E-state index contributed by atoms with van der Waals surface area (Å²) < 4.78 is 0. The fourth-order valence-corrected chi connectivity index (χ4v) is 19.5. The van der Waals surface area contributed by atoms with Gasteiger partial charge in [-0.2, -0.15) is 0 Å². The zero-order valence-corrected chi connectivity index (χ0v) is 42.2. The van der Waals surface area contributed by atoms with E-state index in [2.05, 4.69) is 62.8 Å². The SMILES string of the molecule is C[C@@H]1CCC(=O)NCCNC(=O)CC[C@@H](C)[C@H]2CC[C@H]3[C@@H]4[C@@H](O)C[C@@H]5C[C@H](CC[C@]5(C)[C@H]4CC[C@]23C)NC(=O)CN(C)CC(=O)N[C@@H]2CC[C@@]3(C)[C@@H](C2)C[C@H](O)[C@@H]2[C@@H]3CC[C@]3(C)[C@@H]1CC[C@@H]23. The molecule has 11 nitrogen and oxygen atoms in total. The van der Waals surface area contributed by atoms with E-state index in [1.807, 2.05) is 11.9 Å². The number of rotatable bonds is 0. The third-order valence-electron chi connectivity index (χ3n) is 22.9. The highest BCUT2D eigenvalue weighted by Crippen LogP contribution is 2.70. The molecule has 8 saturated carbocycles. The van der Waals surface area contributed by atoms with E-state index in [0.717, 1.165) is 89.9 Å². The summed E-state index contributed by atoms with van der Waals surface area (Å²) in [5.74, 6) is 5.35. The normalized spacial score (nSPS) is 51.0. The maximum Gasteiger partial charge on any atom is 0.234 e. The van der Waals surface area contributed by atoms with Gasteiger partial charge in [-0.3, -0.25) is 24.1 Å². The Morgan fingerprint density at radius 3 is 1.24 bits per heavy atom. The predicted molar refractivity (Wildman–Crippen MR) is 257 cm³/mol. The van der Waals surface area contributed by atoms with Gasteiger partial charge in [-0.25, -0.2) is 0 Å². The van der Waals surface area contributed by atoms with Crippen LogP contribution in [0.1, 0.15) is 170 Å². The van der Waals surface area contributed by atoms with E-state index in [-0.39, 0.29) is 82.7 Å². The lowest BCUT2D eigenvalue weighted by Gasteiger charge is -2.62. The van der Waals surface area contributed by atoms with Gasteiger partial charge in [-0.05, 0) is 215 Å². The van der Waals surface area contributed by atoms with Crippen molar-refractivity contribution >= 4 is 23.6 Å². The van der Waals surface area contributed by atoms with Crippen LogP contribution in [-0.4, -0.2) is 96.3 Å². The van der Waals surface area contributed by atoms with Gasteiger partial charge in [-0.15, -0.1) is 0 Å². The number of aliphatic hydroxyl groups is 2. The molecule has 5 saturated heterocycles. The topological polar surface area (TPSA) is 160 Å². The van der Waals surface area contributed by atoms with Gasteiger partial charge in [0.15, 0.2) is 0 Å². The Kier molecular flexibility index (Phi) is 13.9. The minimum Gasteiger partial charge on any atom is -0.393 e. The van der Waals surface area contributed by atoms with Crippen molar-refractivity contribution < 1.29 is 29.4 Å². The highest BCUT2D eigenvalue weighted by Gasteiger charge is 2.65. The van der Waals surface area contributed by atoms with Crippen LogP contribution < -0.4 is 21.3 Å². The Morgan fingerprint density at radius 2 is 0.833 bits per heavy atom. The van der Waals surface area contributed by atoms with Crippen LogP contribution in [0.5, 0.6) is 0 Å². The summed E-state index contributed by atoms with van der Waals surface area (Å²) in [6.07, 6.45) is 18.8. The number of nitrogens with zero attached hydrogens (tertiary/aromatic N) is 1. The average Bonchev–Trinajstić information content (AvgIpc) is 3.80. The summed E-state index contributed by atoms with van der Waals surface area (Å²) >= 11 is 0. The number of aliphatic hydroxyl groups excluding tert-OH is 2. The molecule has 66 heavy (non-hydrogen) atoms. The Hall–Kier alpha value is -2.24. The lowest BCUT2D eigenvalue weighted by Crippen LogP contribution is -2.60. The number of hydrogen-bond donors (Lipinski definition) is 6. The van der Waals surface area contributed by atoms with Gasteiger partial charge in [0.25, 0.3) is 0 Å². The highest BCUT2D eigenvalue weighted by atomic mass is 16.3. The van der Waals surface area contributed by atoms with Gasteiger partial charge in [0, 0.05) is 38.0 Å². The Morgan fingerprint density at radius 1 is 0.470 bits per heavy atom. The molecule has 20 atom stereocenters. The first kappa shape index (κ1) is 48.8. The van der Waals surface area contributed by atoms with Crippen LogP contribution in [0.25, 0.3) is 0 Å². The van der Waals surface area contributed by atoms with E-state index in [9.17, 15) is 29.4 Å². The first-order valence-corrected chi connectivity index (χ1v) is 27.5. The highest BCUT2D eigenvalue weighted by molar-refractivity contribution is 5.81. The minimum absolute atomic E-state index is 0.0261.